The van der Waals surface area contributed by atoms with Crippen molar-refractivity contribution in [1.29, 1.82) is 0 Å². The zero-order valence-electron chi connectivity index (χ0n) is 8.51. The Balaban J connectivity index is 2.62. The van der Waals surface area contributed by atoms with Gasteiger partial charge in [-0.3, -0.25) is 0 Å². The number of alkyl halides is 4. The van der Waals surface area contributed by atoms with Crippen molar-refractivity contribution in [3.63, 3.8) is 0 Å². The van der Waals surface area contributed by atoms with Crippen LogP contribution in [0.4, 0.5) is 17.6 Å². The molecule has 2 rings (SSSR count). The quantitative estimate of drug-likeness (QED) is 0.648. The molecule has 92 valence electrons. The highest BCUT2D eigenvalue weighted by Gasteiger charge is 2.30. The molecule has 0 bridgehead atoms. The minimum absolute atomic E-state index is 0.0319. The van der Waals surface area contributed by atoms with Gasteiger partial charge < -0.3 is 9.55 Å². The lowest BCUT2D eigenvalue weighted by Crippen LogP contribution is -2.04. The number of H-pyrrole nitrogens is 1. The van der Waals surface area contributed by atoms with E-state index in [1.807, 2.05) is 0 Å². The summed E-state index contributed by atoms with van der Waals surface area (Å²) in [6.07, 6.45) is -4.40. The van der Waals surface area contributed by atoms with E-state index in [1.54, 1.807) is 0 Å². The summed E-state index contributed by atoms with van der Waals surface area (Å²) in [6.45, 7) is -0.591. The first-order valence-electron chi connectivity index (χ1n) is 4.79. The molecule has 0 radical (unpaired) electrons. The first-order chi connectivity index (χ1) is 7.93. The maximum Gasteiger partial charge on any atom is 0.416 e. The van der Waals surface area contributed by atoms with Crippen LogP contribution in [-0.4, -0.2) is 16.2 Å². The van der Waals surface area contributed by atoms with Crippen LogP contribution < -0.4 is 0 Å². The number of aromatic nitrogens is 2. The van der Waals surface area contributed by atoms with Gasteiger partial charge in [-0.05, 0) is 30.4 Å². The summed E-state index contributed by atoms with van der Waals surface area (Å²) in [4.78, 5) is 2.64. The Kier molecular flexibility index (Phi) is 2.94. The van der Waals surface area contributed by atoms with Crippen LogP contribution in [0.3, 0.4) is 0 Å². The molecule has 0 unspecified atom stereocenters. The number of hydrogen-bond acceptors (Lipinski definition) is 1. The molecule has 0 aliphatic carbocycles. The molecule has 0 saturated carbocycles. The predicted octanol–water partition coefficient (Wildman–Crippen LogP) is 3.69. The Morgan fingerprint density at radius 2 is 2.00 bits per heavy atom. The van der Waals surface area contributed by atoms with Crippen molar-refractivity contribution < 1.29 is 17.6 Å². The van der Waals surface area contributed by atoms with Gasteiger partial charge in [0.05, 0.1) is 23.1 Å². The van der Waals surface area contributed by atoms with Gasteiger partial charge in [-0.25, -0.2) is 4.39 Å². The van der Waals surface area contributed by atoms with E-state index >= 15 is 0 Å². The number of rotatable bonds is 2. The lowest BCUT2D eigenvalue weighted by atomic mass is 10.2. The molecule has 2 nitrogen and oxygen atoms in total. The lowest BCUT2D eigenvalue weighted by Gasteiger charge is -2.06. The van der Waals surface area contributed by atoms with Crippen LogP contribution in [0, 0.1) is 4.77 Å². The molecule has 2 aromatic rings. The highest BCUT2D eigenvalue weighted by atomic mass is 32.1. The molecule has 7 heteroatoms. The van der Waals surface area contributed by atoms with Gasteiger partial charge in [0.15, 0.2) is 4.77 Å². The third-order valence-corrected chi connectivity index (χ3v) is 2.73. The van der Waals surface area contributed by atoms with Gasteiger partial charge in [-0.1, -0.05) is 0 Å². The van der Waals surface area contributed by atoms with Crippen molar-refractivity contribution in [1.82, 2.24) is 9.55 Å². The smallest absolute Gasteiger partial charge is 0.331 e. The monoisotopic (exact) mass is 264 g/mol. The van der Waals surface area contributed by atoms with Gasteiger partial charge in [-0.2, -0.15) is 13.2 Å². The van der Waals surface area contributed by atoms with Gasteiger partial charge in [0.25, 0.3) is 0 Å². The SMILES string of the molecule is FCCn1c(=S)[nH]c2cc(C(F)(F)F)ccc21. The van der Waals surface area contributed by atoms with Gasteiger partial charge in [-0.15, -0.1) is 0 Å². The van der Waals surface area contributed by atoms with Gasteiger partial charge >= 0.3 is 6.18 Å². The normalized spacial score (nSPS) is 12.2. The fourth-order valence-electron chi connectivity index (χ4n) is 1.65. The third kappa shape index (κ3) is 2.19. The van der Waals surface area contributed by atoms with E-state index in [4.69, 9.17) is 12.2 Å². The van der Waals surface area contributed by atoms with Crippen LogP contribution in [0.5, 0.6) is 0 Å². The van der Waals surface area contributed by atoms with Crippen molar-refractivity contribution in [2.24, 2.45) is 0 Å². The Hall–Kier alpha value is -1.37. The number of aryl methyl sites for hydroxylation is 1. The summed E-state index contributed by atoms with van der Waals surface area (Å²) in [7, 11) is 0. The zero-order chi connectivity index (χ0) is 12.6. The lowest BCUT2D eigenvalue weighted by molar-refractivity contribution is -0.137. The summed E-state index contributed by atoms with van der Waals surface area (Å²) in [5, 5.41) is 0. The molecule has 0 amide bonds. The highest BCUT2D eigenvalue weighted by molar-refractivity contribution is 7.71. The fraction of sp³-hybridized carbons (Fsp3) is 0.300. The number of benzene rings is 1. The highest BCUT2D eigenvalue weighted by Crippen LogP contribution is 2.31. The molecular weight excluding hydrogens is 256 g/mol. The molecule has 0 atom stereocenters. The standard InChI is InChI=1S/C10H8F4N2S/c11-3-4-16-8-2-1-6(10(12,13)14)5-7(8)15-9(16)17/h1-2,5H,3-4H2,(H,15,17). The number of fused-ring (bicyclic) bond motifs is 1. The second-order valence-electron chi connectivity index (χ2n) is 3.50. The Labute approximate surface area is 98.9 Å². The van der Waals surface area contributed by atoms with Crippen molar-refractivity contribution in [2.45, 2.75) is 12.7 Å². The Morgan fingerprint density at radius 3 is 2.59 bits per heavy atom. The number of hydrogen-bond donors (Lipinski definition) is 1. The molecule has 0 aliphatic heterocycles. The molecule has 1 aromatic carbocycles. The van der Waals surface area contributed by atoms with Crippen LogP contribution in [-0.2, 0) is 12.7 Å². The first kappa shape index (κ1) is 12.1. The maximum absolute atomic E-state index is 12.5. The molecular formula is C10H8F4N2S. The summed E-state index contributed by atoms with van der Waals surface area (Å²) in [5.74, 6) is 0. The van der Waals surface area contributed by atoms with E-state index in [-0.39, 0.29) is 16.8 Å². The second-order valence-corrected chi connectivity index (χ2v) is 3.89. The molecule has 0 fully saturated rings. The van der Waals surface area contributed by atoms with E-state index in [0.717, 1.165) is 12.1 Å². The molecule has 1 aromatic heterocycles. The predicted molar refractivity (Wildman–Crippen MR) is 58.1 cm³/mol. The van der Waals surface area contributed by atoms with E-state index < -0.39 is 18.4 Å². The zero-order valence-corrected chi connectivity index (χ0v) is 9.33. The molecule has 1 N–H and O–H groups in total. The fourth-order valence-corrected chi connectivity index (χ4v) is 1.95. The number of imidazole rings is 1. The third-order valence-electron chi connectivity index (χ3n) is 2.41. The largest absolute Gasteiger partial charge is 0.416 e. The van der Waals surface area contributed by atoms with Crippen molar-refractivity contribution >= 4 is 23.3 Å². The molecule has 0 spiro atoms. The summed E-state index contributed by atoms with van der Waals surface area (Å²) in [6, 6.07) is 3.22. The van der Waals surface area contributed by atoms with Gasteiger partial charge in [0, 0.05) is 0 Å². The van der Waals surface area contributed by atoms with Crippen LogP contribution >= 0.6 is 12.2 Å². The summed E-state index contributed by atoms with van der Waals surface area (Å²) < 4.78 is 51.3. The number of nitrogens with zero attached hydrogens (tertiary/aromatic N) is 1. The average molecular weight is 264 g/mol. The van der Waals surface area contributed by atoms with Gasteiger partial charge in [0.2, 0.25) is 0 Å². The van der Waals surface area contributed by atoms with Crippen LogP contribution in [0.2, 0.25) is 0 Å². The first-order valence-corrected chi connectivity index (χ1v) is 5.20. The minimum atomic E-state index is -4.40. The number of aromatic amines is 1. The topological polar surface area (TPSA) is 20.7 Å². The van der Waals surface area contributed by atoms with E-state index in [2.05, 4.69) is 4.98 Å². The average Bonchev–Trinajstić information content (AvgIpc) is 2.54. The molecule has 1 heterocycles. The maximum atomic E-state index is 12.5. The summed E-state index contributed by atoms with van der Waals surface area (Å²) in [5.41, 5.74) is -0.0208. The van der Waals surface area contributed by atoms with Crippen molar-refractivity contribution in [3.8, 4) is 0 Å². The van der Waals surface area contributed by atoms with Crippen molar-refractivity contribution in [3.05, 3.63) is 28.5 Å². The molecule has 0 aliphatic rings. The van der Waals surface area contributed by atoms with E-state index in [9.17, 15) is 17.6 Å². The van der Waals surface area contributed by atoms with E-state index in [1.165, 1.54) is 10.6 Å². The second kappa shape index (κ2) is 4.14. The summed E-state index contributed by atoms with van der Waals surface area (Å²) >= 11 is 4.91. The van der Waals surface area contributed by atoms with Crippen LogP contribution in [0.1, 0.15) is 5.56 Å². The van der Waals surface area contributed by atoms with E-state index in [0.29, 0.717) is 5.52 Å². The molecule has 0 saturated heterocycles. The Morgan fingerprint density at radius 1 is 1.29 bits per heavy atom. The number of nitrogens with one attached hydrogen (secondary N) is 1. The van der Waals surface area contributed by atoms with Crippen LogP contribution in [0.15, 0.2) is 18.2 Å². The molecule has 17 heavy (non-hydrogen) atoms. The Bertz CT molecular complexity index is 596. The minimum Gasteiger partial charge on any atom is -0.331 e. The van der Waals surface area contributed by atoms with Gasteiger partial charge in [0.1, 0.15) is 6.67 Å². The number of halogens is 4. The van der Waals surface area contributed by atoms with Crippen LogP contribution in [0.25, 0.3) is 11.0 Å². The van der Waals surface area contributed by atoms with Crippen molar-refractivity contribution in [2.75, 3.05) is 6.67 Å².